The predicted octanol–water partition coefficient (Wildman–Crippen LogP) is 0.471. The highest BCUT2D eigenvalue weighted by Gasteiger charge is 1.69. The van der Waals surface area contributed by atoms with E-state index in [9.17, 15) is 4.79 Å². The van der Waals surface area contributed by atoms with Gasteiger partial charge in [-0.3, -0.25) is 4.79 Å². The van der Waals surface area contributed by atoms with E-state index in [1.807, 2.05) is 13.1 Å². The number of nitrogens with one attached hydrogen (secondary N) is 1. The molecule has 1 amide bonds. The molecule has 3 N–H and O–H groups in total. The molecule has 0 fully saturated rings. The number of carbonyl (C=O) groups excluding carboxylic acids is 1. The normalized spacial score (nSPS) is 6.27. The molecule has 3 nitrogen and oxygen atoms in total. The van der Waals surface area contributed by atoms with Crippen LogP contribution in [0.1, 0.15) is 0 Å². The van der Waals surface area contributed by atoms with Gasteiger partial charge in [0.2, 0.25) is 5.91 Å². The van der Waals surface area contributed by atoms with Gasteiger partial charge in [-0.25, -0.2) is 0 Å². The van der Waals surface area contributed by atoms with E-state index in [0.717, 1.165) is 12.6 Å². The minimum atomic E-state index is -0.481. The van der Waals surface area contributed by atoms with E-state index >= 15 is 0 Å². The Labute approximate surface area is 73.8 Å². The lowest BCUT2D eigenvalue weighted by Gasteiger charge is -1.79. The lowest BCUT2D eigenvalue weighted by atomic mass is 10.6. The first-order valence-corrected chi connectivity index (χ1v) is 2.86. The van der Waals surface area contributed by atoms with Gasteiger partial charge >= 0.3 is 0 Å². The smallest absolute Gasteiger partial charge is 0.240 e. The van der Waals surface area contributed by atoms with Crippen molar-refractivity contribution < 1.29 is 4.79 Å². The molecule has 0 spiro atoms. The van der Waals surface area contributed by atoms with Crippen LogP contribution in [0, 0.1) is 0 Å². The summed E-state index contributed by atoms with van der Waals surface area (Å²) in [5, 5.41) is 2.90. The third-order valence-corrected chi connectivity index (χ3v) is 0.550. The fourth-order valence-corrected chi connectivity index (χ4v) is 0.144. The summed E-state index contributed by atoms with van der Waals surface area (Å²) in [6.07, 6.45) is 2.88. The summed E-state index contributed by atoms with van der Waals surface area (Å²) in [5.74, 6) is -0.481. The van der Waals surface area contributed by atoms with Crippen molar-refractivity contribution in [1.29, 1.82) is 0 Å². The van der Waals surface area contributed by atoms with Crippen molar-refractivity contribution in [3.05, 3.63) is 25.3 Å². The molecule has 0 aromatic heterocycles. The van der Waals surface area contributed by atoms with E-state index in [2.05, 4.69) is 24.2 Å². The third-order valence-electron chi connectivity index (χ3n) is 0.550. The molecule has 0 aromatic rings. The number of amides is 1. The van der Waals surface area contributed by atoms with Gasteiger partial charge in [0.1, 0.15) is 0 Å². The first-order chi connectivity index (χ1) is 4.68. The molecule has 0 saturated carbocycles. The van der Waals surface area contributed by atoms with E-state index in [0.29, 0.717) is 0 Å². The van der Waals surface area contributed by atoms with Crippen LogP contribution in [0.25, 0.3) is 0 Å². The second-order valence-electron chi connectivity index (χ2n) is 1.45. The number of rotatable bonds is 3. The van der Waals surface area contributed by atoms with Crippen molar-refractivity contribution in [1.82, 2.24) is 5.32 Å². The fraction of sp³-hybridized carbons (Fsp3) is 0.286. The van der Waals surface area contributed by atoms with Crippen molar-refractivity contribution in [2.24, 2.45) is 5.73 Å². The summed E-state index contributed by atoms with van der Waals surface area (Å²) in [7, 11) is 1.89. The van der Waals surface area contributed by atoms with Crippen LogP contribution in [0.5, 0.6) is 0 Å². The Balaban J connectivity index is -0.000000107. The van der Waals surface area contributed by atoms with Crippen molar-refractivity contribution >= 4 is 18.3 Å². The van der Waals surface area contributed by atoms with Gasteiger partial charge in [0.05, 0.1) is 0 Å². The van der Waals surface area contributed by atoms with Crippen molar-refractivity contribution in [2.45, 2.75) is 0 Å². The van der Waals surface area contributed by atoms with Crippen LogP contribution in [0.3, 0.4) is 0 Å². The van der Waals surface area contributed by atoms with E-state index in [4.69, 9.17) is 0 Å². The van der Waals surface area contributed by atoms with Crippen LogP contribution in [-0.2, 0) is 4.79 Å². The van der Waals surface area contributed by atoms with Crippen molar-refractivity contribution in [3.8, 4) is 0 Å². The average Bonchev–Trinajstić information content (AvgIpc) is 1.91. The molecule has 0 aliphatic rings. The van der Waals surface area contributed by atoms with Gasteiger partial charge in [0.25, 0.3) is 0 Å². The van der Waals surface area contributed by atoms with Crippen LogP contribution >= 0.6 is 12.4 Å². The summed E-state index contributed by atoms with van der Waals surface area (Å²) in [6.45, 7) is 7.48. The number of halogens is 1. The number of hydrogen-bond donors (Lipinski definition) is 2. The van der Waals surface area contributed by atoms with Crippen LogP contribution in [-0.4, -0.2) is 19.5 Å². The van der Waals surface area contributed by atoms with Crippen LogP contribution in [0.2, 0.25) is 0 Å². The molecular formula is C7H15ClN2O. The Kier molecular flexibility index (Phi) is 24.4. The number of primary amides is 1. The second-order valence-corrected chi connectivity index (χ2v) is 1.45. The Morgan fingerprint density at radius 2 is 2.00 bits per heavy atom. The second kappa shape index (κ2) is 16.1. The molecule has 0 unspecified atom stereocenters. The minimum Gasteiger partial charge on any atom is -0.366 e. The number of carbonyl (C=O) groups is 1. The molecule has 0 bridgehead atoms. The Morgan fingerprint density at radius 1 is 1.64 bits per heavy atom. The SMILES string of the molecule is C=CC(N)=O.C=CCNC.Cl. The third kappa shape index (κ3) is 46.6. The van der Waals surface area contributed by atoms with Gasteiger partial charge in [-0.1, -0.05) is 12.7 Å². The van der Waals surface area contributed by atoms with Gasteiger partial charge in [-0.2, -0.15) is 0 Å². The van der Waals surface area contributed by atoms with E-state index in [-0.39, 0.29) is 12.4 Å². The molecule has 0 radical (unpaired) electrons. The lowest BCUT2D eigenvalue weighted by molar-refractivity contribution is -0.113. The molecule has 0 aliphatic heterocycles. The molecule has 0 aliphatic carbocycles. The van der Waals surface area contributed by atoms with E-state index in [1.165, 1.54) is 0 Å². The molecule has 0 saturated heterocycles. The standard InChI is InChI=1S/C4H9N.C3H5NO.ClH/c1-3-4-5-2;1-2-3(4)5;/h3,5H,1,4H2,2H3;2H,1H2,(H2,4,5);1H. The van der Waals surface area contributed by atoms with Crippen LogP contribution in [0.15, 0.2) is 25.3 Å². The Morgan fingerprint density at radius 3 is 2.00 bits per heavy atom. The monoisotopic (exact) mass is 178 g/mol. The summed E-state index contributed by atoms with van der Waals surface area (Å²) in [6, 6.07) is 0. The maximum absolute atomic E-state index is 9.47. The zero-order chi connectivity index (χ0) is 8.41. The van der Waals surface area contributed by atoms with Gasteiger partial charge in [0.15, 0.2) is 0 Å². The zero-order valence-corrected chi connectivity index (χ0v) is 7.49. The molecule has 0 aromatic carbocycles. The summed E-state index contributed by atoms with van der Waals surface area (Å²) < 4.78 is 0. The topological polar surface area (TPSA) is 55.1 Å². The number of likely N-dealkylation sites (N-methyl/N-ethyl adjacent to an activating group) is 1. The maximum atomic E-state index is 9.47. The van der Waals surface area contributed by atoms with Crippen LogP contribution in [0.4, 0.5) is 0 Å². The van der Waals surface area contributed by atoms with Gasteiger partial charge in [-0.15, -0.1) is 19.0 Å². The van der Waals surface area contributed by atoms with Crippen LogP contribution < -0.4 is 11.1 Å². The molecule has 66 valence electrons. The number of nitrogens with two attached hydrogens (primary N) is 1. The average molecular weight is 179 g/mol. The Bertz CT molecular complexity index is 115. The quantitative estimate of drug-likeness (QED) is 0.488. The number of hydrogen-bond acceptors (Lipinski definition) is 2. The summed E-state index contributed by atoms with van der Waals surface area (Å²) >= 11 is 0. The molecule has 0 rings (SSSR count). The van der Waals surface area contributed by atoms with Gasteiger partial charge < -0.3 is 11.1 Å². The maximum Gasteiger partial charge on any atom is 0.240 e. The van der Waals surface area contributed by atoms with Crippen molar-refractivity contribution in [2.75, 3.05) is 13.6 Å². The molecule has 4 heteroatoms. The summed E-state index contributed by atoms with van der Waals surface area (Å²) in [4.78, 5) is 9.47. The highest BCUT2D eigenvalue weighted by Crippen LogP contribution is 1.49. The molecule has 0 heterocycles. The van der Waals surface area contributed by atoms with E-state index in [1.54, 1.807) is 0 Å². The highest BCUT2D eigenvalue weighted by molar-refractivity contribution is 5.85. The minimum absolute atomic E-state index is 0. The first-order valence-electron chi connectivity index (χ1n) is 2.86. The van der Waals surface area contributed by atoms with Crippen molar-refractivity contribution in [3.63, 3.8) is 0 Å². The Hall–Kier alpha value is -0.800. The summed E-state index contributed by atoms with van der Waals surface area (Å²) in [5.41, 5.74) is 4.53. The largest absolute Gasteiger partial charge is 0.366 e. The first kappa shape index (κ1) is 16.7. The van der Waals surface area contributed by atoms with Gasteiger partial charge in [-0.05, 0) is 13.1 Å². The van der Waals surface area contributed by atoms with E-state index < -0.39 is 5.91 Å². The lowest BCUT2D eigenvalue weighted by Crippen LogP contribution is -2.04. The highest BCUT2D eigenvalue weighted by atomic mass is 35.5. The molecule has 11 heavy (non-hydrogen) atoms. The fourth-order valence-electron chi connectivity index (χ4n) is 0.144. The zero-order valence-electron chi connectivity index (χ0n) is 6.67. The molecule has 0 atom stereocenters. The molecular weight excluding hydrogens is 164 g/mol. The van der Waals surface area contributed by atoms with Gasteiger partial charge in [0, 0.05) is 6.54 Å². The predicted molar refractivity (Wildman–Crippen MR) is 50.8 cm³/mol.